The number of amides is 1. The van der Waals surface area contributed by atoms with Crippen molar-refractivity contribution in [1.29, 1.82) is 0 Å². The molecule has 3 aliphatic heterocycles. The number of ether oxygens (including phenoxy) is 3. The second-order valence-corrected chi connectivity index (χ2v) is 10.3. The van der Waals surface area contributed by atoms with Crippen LogP contribution in [0.1, 0.15) is 68.2 Å². The molecule has 0 bridgehead atoms. The molecule has 0 spiro atoms. The zero-order valence-corrected chi connectivity index (χ0v) is 29.6. The third kappa shape index (κ3) is 11.0. The summed E-state index contributed by atoms with van der Waals surface area (Å²) >= 11 is 0. The van der Waals surface area contributed by atoms with E-state index < -0.39 is 10.8 Å². The molecule has 0 aromatic carbocycles. The number of hydrogen-bond donors (Lipinski definition) is 0. The molecule has 0 atom stereocenters. The molecule has 2 aromatic heterocycles. The van der Waals surface area contributed by atoms with Crippen molar-refractivity contribution in [1.82, 2.24) is 25.0 Å². The van der Waals surface area contributed by atoms with Gasteiger partial charge in [0.15, 0.2) is 0 Å². The van der Waals surface area contributed by atoms with E-state index in [1.807, 2.05) is 13.8 Å². The number of nitrogens with zero attached hydrogens (tertiary/aromatic N) is 5. The van der Waals surface area contributed by atoms with E-state index in [0.29, 0.717) is 45.1 Å². The normalized spacial score (nSPS) is 18.0. The largest absolute Gasteiger partial charge is 2.00 e. The summed E-state index contributed by atoms with van der Waals surface area (Å²) in [6.45, 7) is 9.68. The first kappa shape index (κ1) is 41.4. The molecule has 2 aromatic rings. The smallest absolute Gasteiger partial charge is 1.00 e. The van der Waals surface area contributed by atoms with Crippen molar-refractivity contribution in [2.75, 3.05) is 53.8 Å². The van der Waals surface area contributed by atoms with Crippen LogP contribution in [0.3, 0.4) is 0 Å². The van der Waals surface area contributed by atoms with Gasteiger partial charge in [-0.3, -0.25) is 14.4 Å². The quantitative estimate of drug-likeness (QED) is 0.246. The maximum atomic E-state index is 12.6. The van der Waals surface area contributed by atoms with Gasteiger partial charge in [-0.25, -0.2) is 25.0 Å². The van der Waals surface area contributed by atoms with Gasteiger partial charge in [0, 0.05) is 82.6 Å². The summed E-state index contributed by atoms with van der Waals surface area (Å²) in [5.41, 5.74) is 0.687. The Balaban J connectivity index is 0.000000670. The molecule has 0 unspecified atom stereocenters. The van der Waals surface area contributed by atoms with Gasteiger partial charge in [0.05, 0.1) is 17.9 Å². The molecule has 1 amide bonds. The maximum absolute atomic E-state index is 12.6. The van der Waals surface area contributed by atoms with Crippen LogP contribution < -0.4 is 17.0 Å². The average molecular weight is 677 g/mol. The predicted octanol–water partition coefficient (Wildman–Crippen LogP) is 0.146. The Hall–Kier alpha value is -1.61. The van der Waals surface area contributed by atoms with E-state index in [1.165, 1.54) is 25.0 Å². The maximum Gasteiger partial charge on any atom is 2.00 e. The van der Waals surface area contributed by atoms with E-state index in [1.54, 1.807) is 38.8 Å². The first-order chi connectivity index (χ1) is 19.2. The second-order valence-electron chi connectivity index (χ2n) is 10.3. The third-order valence-corrected chi connectivity index (χ3v) is 7.83. The van der Waals surface area contributed by atoms with Gasteiger partial charge in [0.25, 0.3) is 5.91 Å². The molecule has 0 aliphatic carbocycles. The number of hydrogen-bond acceptors (Lipinski definition) is 10. The predicted molar refractivity (Wildman–Crippen MR) is 160 cm³/mol. The topological polar surface area (TPSA) is 126 Å². The number of halogens is 1. The van der Waals surface area contributed by atoms with Crippen LogP contribution in [0.4, 0.5) is 0 Å². The fraction of sp³-hybridized carbons (Fsp3) is 0.633. The second kappa shape index (κ2) is 20.4. The van der Waals surface area contributed by atoms with Gasteiger partial charge in [-0.15, -0.1) is 0 Å². The fourth-order valence-corrected chi connectivity index (χ4v) is 5.08. The Kier molecular flexibility index (Phi) is 19.7. The molecule has 0 N–H and O–H groups in total. The summed E-state index contributed by atoms with van der Waals surface area (Å²) in [6, 6.07) is 0. The van der Waals surface area contributed by atoms with Gasteiger partial charge < -0.3 is 38.6 Å². The molecule has 0 radical (unpaired) electrons. The standard InChI is InChI=1S/C13H19N3O3.C12H16N2O2.C4H8O.CH3.BrH.Mg/c1-10-14-8-11(9-15-10)13(4-6-19-7-5-13)12(17)16(2)18-3;1-9(15)12(3-5-16-6-4-12)11-7-13-10(2)14-8-11;1-2-4-5-3-1;;;/h8-9H,4-7H2,1-3H3;7-8H,3-6H2,1-2H3;1-4H2;1H3;1H;/q;;;-1;;+2/p-1. The van der Waals surface area contributed by atoms with E-state index >= 15 is 0 Å². The number of aryl methyl sites for hydroxylation is 2. The minimum atomic E-state index is -0.642. The van der Waals surface area contributed by atoms with Crippen LogP contribution in [0, 0.1) is 21.3 Å². The van der Waals surface area contributed by atoms with Gasteiger partial charge in [-0.05, 0) is 59.3 Å². The summed E-state index contributed by atoms with van der Waals surface area (Å²) < 4.78 is 15.7. The van der Waals surface area contributed by atoms with Crippen molar-refractivity contribution in [3.8, 4) is 0 Å². The number of ketones is 1. The van der Waals surface area contributed by atoms with Crippen molar-refractivity contribution < 1.29 is 45.6 Å². The number of likely N-dealkylation sites (N-methyl/N-ethyl adjacent to an activating group) is 1. The van der Waals surface area contributed by atoms with Crippen molar-refractivity contribution in [2.24, 2.45) is 0 Å². The summed E-state index contributed by atoms with van der Waals surface area (Å²) in [7, 11) is 3.10. The van der Waals surface area contributed by atoms with Crippen LogP contribution in [0.5, 0.6) is 0 Å². The summed E-state index contributed by atoms with van der Waals surface area (Å²) in [5.74, 6) is 1.53. The Morgan fingerprint density at radius 3 is 1.42 bits per heavy atom. The van der Waals surface area contributed by atoms with Gasteiger partial charge in [0.1, 0.15) is 17.4 Å². The zero-order valence-electron chi connectivity index (χ0n) is 26.6. The monoisotopic (exact) mass is 675 g/mol. The molecule has 5 heterocycles. The molecule has 236 valence electrons. The van der Waals surface area contributed by atoms with Crippen molar-refractivity contribution in [3.63, 3.8) is 0 Å². The van der Waals surface area contributed by atoms with Gasteiger partial charge in [0.2, 0.25) is 0 Å². The number of carbonyl (C=O) groups is 2. The van der Waals surface area contributed by atoms with E-state index in [-0.39, 0.29) is 59.2 Å². The number of Topliss-reactive ketones (excluding diaryl/α,β-unsaturated/α-hetero) is 1. The van der Waals surface area contributed by atoms with Crippen LogP contribution in [0.2, 0.25) is 0 Å². The van der Waals surface area contributed by atoms with Crippen LogP contribution in [-0.2, 0) is 39.5 Å². The zero-order chi connectivity index (χ0) is 29.0. The number of carbonyl (C=O) groups excluding carboxylic acids is 2. The van der Waals surface area contributed by atoms with E-state index in [0.717, 1.165) is 43.0 Å². The van der Waals surface area contributed by atoms with Gasteiger partial charge in [-0.1, -0.05) is 0 Å². The van der Waals surface area contributed by atoms with E-state index in [2.05, 4.69) is 19.9 Å². The summed E-state index contributed by atoms with van der Waals surface area (Å²) in [6.07, 6.45) is 12.3. The minimum absolute atomic E-state index is 0. The van der Waals surface area contributed by atoms with E-state index in [9.17, 15) is 9.59 Å². The molecule has 3 aliphatic rings. The van der Waals surface area contributed by atoms with Gasteiger partial charge in [-0.2, -0.15) is 0 Å². The molecule has 13 heteroatoms. The molecule has 0 saturated carbocycles. The fourth-order valence-electron chi connectivity index (χ4n) is 5.08. The van der Waals surface area contributed by atoms with Gasteiger partial charge >= 0.3 is 23.1 Å². The molecular formula is C30H46BrMgN5O6. The Morgan fingerprint density at radius 2 is 1.09 bits per heavy atom. The van der Waals surface area contributed by atoms with Crippen LogP contribution >= 0.6 is 0 Å². The first-order valence-corrected chi connectivity index (χ1v) is 13.9. The van der Waals surface area contributed by atoms with Crippen LogP contribution in [0.15, 0.2) is 24.8 Å². The van der Waals surface area contributed by atoms with Crippen molar-refractivity contribution in [2.45, 2.75) is 70.1 Å². The van der Waals surface area contributed by atoms with Crippen molar-refractivity contribution in [3.05, 3.63) is 55.0 Å². The third-order valence-electron chi connectivity index (χ3n) is 7.83. The Bertz CT molecular complexity index is 1070. The molecule has 3 saturated heterocycles. The molecule has 11 nitrogen and oxygen atoms in total. The summed E-state index contributed by atoms with van der Waals surface area (Å²) in [4.78, 5) is 46.3. The summed E-state index contributed by atoms with van der Waals surface area (Å²) in [5, 5.41) is 1.27. The SMILES string of the molecule is C1CCOC1.CC(=O)C1(c2cnc(C)nc2)CCOCC1.CON(C)C(=O)C1(c2cnc(C)nc2)CCOCC1.[Br-].[CH3-].[Mg+2]. The molecular weight excluding hydrogens is 631 g/mol. The minimum Gasteiger partial charge on any atom is -1.00 e. The number of aromatic nitrogens is 4. The molecule has 43 heavy (non-hydrogen) atoms. The number of hydroxylamine groups is 2. The number of rotatable bonds is 5. The van der Waals surface area contributed by atoms with E-state index in [4.69, 9.17) is 19.0 Å². The first-order valence-electron chi connectivity index (χ1n) is 13.9. The molecule has 3 fully saturated rings. The average Bonchev–Trinajstić information content (AvgIpc) is 3.59. The Morgan fingerprint density at radius 1 is 0.744 bits per heavy atom. The Labute approximate surface area is 283 Å². The van der Waals surface area contributed by atoms with Crippen molar-refractivity contribution >= 4 is 34.7 Å². The molecule has 5 rings (SSSR count). The van der Waals surface area contributed by atoms with Crippen LogP contribution in [-0.4, -0.2) is 114 Å². The van der Waals surface area contributed by atoms with Crippen LogP contribution in [0.25, 0.3) is 0 Å².